The van der Waals surface area contributed by atoms with Gasteiger partial charge in [-0.05, 0) is 39.2 Å². The zero-order chi connectivity index (χ0) is 22.2. The van der Waals surface area contributed by atoms with Crippen molar-refractivity contribution in [2.45, 2.75) is 26.2 Å². The Bertz CT molecular complexity index is 1260. The maximum atomic E-state index is 13.0. The number of amides is 1. The van der Waals surface area contributed by atoms with E-state index in [0.717, 1.165) is 21.0 Å². The number of benzene rings is 2. The van der Waals surface area contributed by atoms with Gasteiger partial charge in [-0.3, -0.25) is 14.2 Å². The van der Waals surface area contributed by atoms with Gasteiger partial charge < -0.3 is 5.32 Å². The molecule has 0 unspecified atom stereocenters. The van der Waals surface area contributed by atoms with Gasteiger partial charge in [0.25, 0.3) is 0 Å². The fourth-order valence-electron chi connectivity index (χ4n) is 3.32. The van der Waals surface area contributed by atoms with Gasteiger partial charge in [0.2, 0.25) is 5.91 Å². The molecule has 2 aromatic heterocycles. The first-order valence-corrected chi connectivity index (χ1v) is 10.1. The summed E-state index contributed by atoms with van der Waals surface area (Å²) in [5.74, 6) is -0.503. The first-order valence-electron chi connectivity index (χ1n) is 9.31. The number of rotatable bonds is 5. The average Bonchev–Trinajstić information content (AvgIpc) is 3.27. The Morgan fingerprint density at radius 2 is 1.90 bits per heavy atom. The SMILES string of the molecule is Cc1c(Br)c(C(F)(F)F)nn1CC(=O)Nc1cnn(Cc2cccc3ccccc23)c1. The molecule has 0 fully saturated rings. The number of nitrogens with one attached hydrogen (secondary N) is 1. The van der Waals surface area contributed by atoms with Crippen LogP contribution >= 0.6 is 15.9 Å². The second-order valence-electron chi connectivity index (χ2n) is 7.02. The number of alkyl halides is 3. The number of carbonyl (C=O) groups is 1. The van der Waals surface area contributed by atoms with Crippen molar-refractivity contribution in [2.24, 2.45) is 0 Å². The lowest BCUT2D eigenvalue weighted by Gasteiger charge is -2.07. The van der Waals surface area contributed by atoms with E-state index in [4.69, 9.17) is 0 Å². The van der Waals surface area contributed by atoms with Crippen molar-refractivity contribution >= 4 is 38.3 Å². The number of fused-ring (bicyclic) bond motifs is 1. The van der Waals surface area contributed by atoms with E-state index in [2.05, 4.69) is 31.4 Å². The van der Waals surface area contributed by atoms with Crippen LogP contribution in [0, 0.1) is 6.92 Å². The minimum absolute atomic E-state index is 0.171. The smallest absolute Gasteiger partial charge is 0.322 e. The van der Waals surface area contributed by atoms with Crippen molar-refractivity contribution < 1.29 is 18.0 Å². The molecule has 1 amide bonds. The van der Waals surface area contributed by atoms with Crippen LogP contribution in [0.25, 0.3) is 10.8 Å². The molecule has 2 aromatic carbocycles. The molecule has 0 aliphatic rings. The second kappa shape index (κ2) is 8.18. The minimum Gasteiger partial charge on any atom is -0.322 e. The Hall–Kier alpha value is -3.14. The molecule has 4 aromatic rings. The Morgan fingerprint density at radius 1 is 1.16 bits per heavy atom. The van der Waals surface area contributed by atoms with Crippen LogP contribution in [0.1, 0.15) is 17.0 Å². The van der Waals surface area contributed by atoms with Crippen LogP contribution in [-0.2, 0) is 24.1 Å². The molecule has 160 valence electrons. The average molecular weight is 492 g/mol. The largest absolute Gasteiger partial charge is 0.436 e. The maximum Gasteiger partial charge on any atom is 0.436 e. The van der Waals surface area contributed by atoms with Crippen molar-refractivity contribution in [1.29, 1.82) is 0 Å². The third kappa shape index (κ3) is 4.48. The molecule has 31 heavy (non-hydrogen) atoms. The second-order valence-corrected chi connectivity index (χ2v) is 7.81. The van der Waals surface area contributed by atoms with Crippen LogP contribution < -0.4 is 5.32 Å². The first-order chi connectivity index (χ1) is 14.7. The highest BCUT2D eigenvalue weighted by Crippen LogP contribution is 2.35. The summed E-state index contributed by atoms with van der Waals surface area (Å²) in [4.78, 5) is 12.3. The van der Waals surface area contributed by atoms with Gasteiger partial charge in [0, 0.05) is 6.20 Å². The molecule has 10 heteroatoms. The highest BCUT2D eigenvalue weighted by molar-refractivity contribution is 9.10. The zero-order valence-electron chi connectivity index (χ0n) is 16.3. The highest BCUT2D eigenvalue weighted by Gasteiger charge is 2.38. The number of halogens is 4. The van der Waals surface area contributed by atoms with Gasteiger partial charge in [-0.25, -0.2) is 0 Å². The fourth-order valence-corrected chi connectivity index (χ4v) is 3.82. The van der Waals surface area contributed by atoms with Gasteiger partial charge >= 0.3 is 6.18 Å². The molecule has 2 heterocycles. The Balaban J connectivity index is 1.45. The zero-order valence-corrected chi connectivity index (χ0v) is 17.9. The summed E-state index contributed by atoms with van der Waals surface area (Å²) in [6, 6.07) is 14.0. The molecule has 0 saturated carbocycles. The molecule has 4 rings (SSSR count). The van der Waals surface area contributed by atoms with Crippen LogP contribution in [0.15, 0.2) is 59.3 Å². The maximum absolute atomic E-state index is 13.0. The van der Waals surface area contributed by atoms with E-state index in [-0.39, 0.29) is 16.7 Å². The standard InChI is InChI=1S/C21H17BrF3N5O/c1-13-19(22)20(21(23,24)25)28-30(13)12-18(31)27-16-9-26-29(11-16)10-15-7-4-6-14-5-2-3-8-17(14)15/h2-9,11H,10,12H2,1H3,(H,27,31). The van der Waals surface area contributed by atoms with Crippen molar-refractivity contribution in [1.82, 2.24) is 19.6 Å². The molecule has 0 aliphatic carbocycles. The number of aromatic nitrogens is 4. The predicted molar refractivity (Wildman–Crippen MR) is 114 cm³/mol. The molecule has 0 spiro atoms. The van der Waals surface area contributed by atoms with Crippen LogP contribution in [0.4, 0.5) is 18.9 Å². The summed E-state index contributed by atoms with van der Waals surface area (Å²) in [5, 5.41) is 12.7. The molecule has 6 nitrogen and oxygen atoms in total. The van der Waals surface area contributed by atoms with Gasteiger partial charge in [0.15, 0.2) is 5.69 Å². The normalized spacial score (nSPS) is 11.8. The van der Waals surface area contributed by atoms with E-state index in [9.17, 15) is 18.0 Å². The van der Waals surface area contributed by atoms with Crippen LogP contribution in [0.2, 0.25) is 0 Å². The fraction of sp³-hybridized carbons (Fsp3) is 0.190. The molecule has 0 atom stereocenters. The number of anilines is 1. The first kappa shape index (κ1) is 21.1. The minimum atomic E-state index is -4.60. The van der Waals surface area contributed by atoms with E-state index < -0.39 is 17.8 Å². The third-order valence-electron chi connectivity index (χ3n) is 4.82. The molecule has 0 radical (unpaired) electrons. The summed E-state index contributed by atoms with van der Waals surface area (Å²) < 4.78 is 41.5. The topological polar surface area (TPSA) is 64.7 Å². The monoisotopic (exact) mass is 491 g/mol. The van der Waals surface area contributed by atoms with E-state index >= 15 is 0 Å². The molecule has 1 N–H and O–H groups in total. The van der Waals surface area contributed by atoms with Crippen molar-refractivity contribution in [3.63, 3.8) is 0 Å². The summed E-state index contributed by atoms with van der Waals surface area (Å²) >= 11 is 2.90. The Labute approximate surface area is 183 Å². The number of hydrogen-bond acceptors (Lipinski definition) is 3. The van der Waals surface area contributed by atoms with Crippen LogP contribution in [-0.4, -0.2) is 25.5 Å². The van der Waals surface area contributed by atoms with Gasteiger partial charge in [0.1, 0.15) is 6.54 Å². The van der Waals surface area contributed by atoms with Gasteiger partial charge in [-0.2, -0.15) is 23.4 Å². The molecular formula is C21H17BrF3N5O. The van der Waals surface area contributed by atoms with Crippen LogP contribution in [0.3, 0.4) is 0 Å². The van der Waals surface area contributed by atoms with E-state index in [0.29, 0.717) is 12.2 Å². The lowest BCUT2D eigenvalue weighted by molar-refractivity contribution is -0.142. The highest BCUT2D eigenvalue weighted by atomic mass is 79.9. The molecule has 0 bridgehead atoms. The van der Waals surface area contributed by atoms with E-state index in [1.54, 1.807) is 10.9 Å². The van der Waals surface area contributed by atoms with Crippen molar-refractivity contribution in [3.8, 4) is 0 Å². The predicted octanol–water partition coefficient (Wildman–Crippen LogP) is 5.01. The number of nitrogens with zero attached hydrogens (tertiary/aromatic N) is 4. The molecule has 0 aliphatic heterocycles. The van der Waals surface area contributed by atoms with Gasteiger partial charge in [-0.15, -0.1) is 0 Å². The van der Waals surface area contributed by atoms with E-state index in [1.165, 1.54) is 13.1 Å². The van der Waals surface area contributed by atoms with Gasteiger partial charge in [0.05, 0.1) is 28.6 Å². The lowest BCUT2D eigenvalue weighted by Crippen LogP contribution is -2.20. The molecule has 0 saturated heterocycles. The lowest BCUT2D eigenvalue weighted by atomic mass is 10.0. The third-order valence-corrected chi connectivity index (χ3v) is 5.77. The Morgan fingerprint density at radius 3 is 2.65 bits per heavy atom. The van der Waals surface area contributed by atoms with Crippen molar-refractivity contribution in [2.75, 3.05) is 5.32 Å². The van der Waals surface area contributed by atoms with Gasteiger partial charge in [-0.1, -0.05) is 42.5 Å². The van der Waals surface area contributed by atoms with E-state index in [1.807, 2.05) is 42.5 Å². The van der Waals surface area contributed by atoms with Crippen LogP contribution in [0.5, 0.6) is 0 Å². The molecular weight excluding hydrogens is 475 g/mol. The number of carbonyl (C=O) groups excluding carboxylic acids is 1. The summed E-state index contributed by atoms with van der Waals surface area (Å²) in [7, 11) is 0. The summed E-state index contributed by atoms with van der Waals surface area (Å²) in [5.41, 5.74) is 0.691. The summed E-state index contributed by atoms with van der Waals surface area (Å²) in [6.45, 7) is 1.62. The quantitative estimate of drug-likeness (QED) is 0.426. The van der Waals surface area contributed by atoms with Crippen molar-refractivity contribution in [3.05, 3.63) is 76.3 Å². The Kier molecular flexibility index (Phi) is 5.57. The number of hydrogen-bond donors (Lipinski definition) is 1. The summed E-state index contributed by atoms with van der Waals surface area (Å²) in [6.07, 6.45) is -1.43.